The lowest BCUT2D eigenvalue weighted by molar-refractivity contribution is -0.137. The van der Waals surface area contributed by atoms with Gasteiger partial charge in [-0.05, 0) is 31.0 Å². The number of ether oxygens (including phenoxy) is 3. The molecule has 170 valence electrons. The van der Waals surface area contributed by atoms with E-state index < -0.39 is 0 Å². The average molecular weight is 434 g/mol. The Balaban J connectivity index is 1.50. The molecule has 2 saturated heterocycles. The van der Waals surface area contributed by atoms with Crippen molar-refractivity contribution in [2.45, 2.75) is 19.8 Å². The predicted octanol–water partition coefficient (Wildman–Crippen LogP) is 1.40. The molecule has 9 heteroatoms. The van der Waals surface area contributed by atoms with Crippen molar-refractivity contribution < 1.29 is 28.6 Å². The largest absolute Gasteiger partial charge is 0.493 e. The van der Waals surface area contributed by atoms with E-state index in [1.807, 2.05) is 18.2 Å². The normalized spacial score (nSPS) is 18.9. The number of rotatable bonds is 7. The second-order valence-corrected chi connectivity index (χ2v) is 7.69. The summed E-state index contributed by atoms with van der Waals surface area (Å²) in [5.74, 6) is 0.987. The molecule has 3 amide bonds. The van der Waals surface area contributed by atoms with Gasteiger partial charge in [-0.2, -0.15) is 0 Å². The van der Waals surface area contributed by atoms with Gasteiger partial charge in [0.15, 0.2) is 11.5 Å². The van der Waals surface area contributed by atoms with Crippen LogP contribution in [0.4, 0.5) is 4.79 Å². The lowest BCUT2D eigenvalue weighted by atomic mass is 10.1. The average Bonchev–Trinajstić information content (AvgIpc) is 3.17. The predicted molar refractivity (Wildman–Crippen MR) is 113 cm³/mol. The van der Waals surface area contributed by atoms with Gasteiger partial charge in [0.25, 0.3) is 0 Å². The number of carbonyl (C=O) groups excluding carboxylic acids is 3. The summed E-state index contributed by atoms with van der Waals surface area (Å²) in [6, 6.07) is 5.71. The molecular formula is C22H31N3O6. The second kappa shape index (κ2) is 10.4. The highest BCUT2D eigenvalue weighted by molar-refractivity contribution is 5.89. The minimum absolute atomic E-state index is 0.00369. The molecule has 1 aromatic carbocycles. The van der Waals surface area contributed by atoms with E-state index >= 15 is 0 Å². The third kappa shape index (κ3) is 5.39. The molecule has 0 spiro atoms. The number of hydrogen-bond donors (Lipinski definition) is 0. The molecule has 2 heterocycles. The van der Waals surface area contributed by atoms with Crippen LogP contribution in [0.5, 0.6) is 11.5 Å². The summed E-state index contributed by atoms with van der Waals surface area (Å²) in [5, 5.41) is 0. The molecule has 0 saturated carbocycles. The molecule has 0 radical (unpaired) electrons. The molecule has 2 aliphatic heterocycles. The molecule has 1 aromatic rings. The van der Waals surface area contributed by atoms with Crippen LogP contribution in [0.25, 0.3) is 0 Å². The first-order valence-electron chi connectivity index (χ1n) is 10.7. The smallest absolute Gasteiger partial charge is 0.409 e. The highest BCUT2D eigenvalue weighted by Gasteiger charge is 2.37. The van der Waals surface area contributed by atoms with E-state index in [0.29, 0.717) is 63.8 Å². The van der Waals surface area contributed by atoms with Crippen molar-refractivity contribution in [3.05, 3.63) is 23.8 Å². The molecule has 2 fully saturated rings. The number of amides is 3. The lowest BCUT2D eigenvalue weighted by Gasteiger charge is -2.35. The summed E-state index contributed by atoms with van der Waals surface area (Å²) in [4.78, 5) is 42.3. The van der Waals surface area contributed by atoms with Crippen LogP contribution in [0.1, 0.15) is 18.9 Å². The van der Waals surface area contributed by atoms with Gasteiger partial charge in [0.1, 0.15) is 0 Å². The van der Waals surface area contributed by atoms with Crippen LogP contribution in [-0.4, -0.2) is 92.7 Å². The highest BCUT2D eigenvalue weighted by atomic mass is 16.6. The Labute approximate surface area is 182 Å². The van der Waals surface area contributed by atoms with Crippen molar-refractivity contribution >= 4 is 17.9 Å². The minimum Gasteiger partial charge on any atom is -0.493 e. The molecule has 9 nitrogen and oxygen atoms in total. The first-order valence-corrected chi connectivity index (χ1v) is 10.7. The fraction of sp³-hybridized carbons (Fsp3) is 0.591. The summed E-state index contributed by atoms with van der Waals surface area (Å²) >= 11 is 0. The van der Waals surface area contributed by atoms with Crippen molar-refractivity contribution in [1.82, 2.24) is 14.7 Å². The third-order valence-electron chi connectivity index (χ3n) is 5.80. The standard InChI is InChI=1S/C22H31N3O6/c1-4-31-22(28)24-11-9-23(10-12-24)21(27)17-14-20(26)25(15-17)8-7-16-5-6-18(29-2)19(13-16)30-3/h5-6,13,17H,4,7-12,14-15H2,1-3H3/t17-/m0/s1. The highest BCUT2D eigenvalue weighted by Crippen LogP contribution is 2.28. The van der Waals surface area contributed by atoms with Gasteiger partial charge in [0.2, 0.25) is 11.8 Å². The third-order valence-corrected chi connectivity index (χ3v) is 5.80. The van der Waals surface area contributed by atoms with Crippen LogP contribution < -0.4 is 9.47 Å². The Morgan fingerprint density at radius 3 is 2.35 bits per heavy atom. The van der Waals surface area contributed by atoms with Gasteiger partial charge in [-0.15, -0.1) is 0 Å². The summed E-state index contributed by atoms with van der Waals surface area (Å²) in [6.45, 7) is 4.93. The van der Waals surface area contributed by atoms with Crippen LogP contribution in [0.3, 0.4) is 0 Å². The van der Waals surface area contributed by atoms with Gasteiger partial charge in [-0.1, -0.05) is 6.07 Å². The Hall–Kier alpha value is -2.97. The zero-order chi connectivity index (χ0) is 22.4. The summed E-state index contributed by atoms with van der Waals surface area (Å²) in [7, 11) is 3.18. The van der Waals surface area contributed by atoms with Gasteiger partial charge in [-0.3, -0.25) is 9.59 Å². The molecule has 31 heavy (non-hydrogen) atoms. The van der Waals surface area contributed by atoms with Crippen molar-refractivity contribution in [3.63, 3.8) is 0 Å². The molecule has 0 bridgehead atoms. The number of nitrogens with zero attached hydrogens (tertiary/aromatic N) is 3. The molecular weight excluding hydrogens is 402 g/mol. The van der Waals surface area contributed by atoms with Crippen LogP contribution in [0.15, 0.2) is 18.2 Å². The zero-order valence-electron chi connectivity index (χ0n) is 18.5. The van der Waals surface area contributed by atoms with E-state index in [9.17, 15) is 14.4 Å². The first-order chi connectivity index (χ1) is 15.0. The number of carbonyl (C=O) groups is 3. The monoisotopic (exact) mass is 433 g/mol. The number of likely N-dealkylation sites (tertiary alicyclic amines) is 1. The quantitative estimate of drug-likeness (QED) is 0.646. The van der Waals surface area contributed by atoms with Crippen molar-refractivity contribution in [2.24, 2.45) is 5.92 Å². The van der Waals surface area contributed by atoms with Crippen LogP contribution >= 0.6 is 0 Å². The SMILES string of the molecule is CCOC(=O)N1CCN(C(=O)[C@H]2CC(=O)N(CCc3ccc(OC)c(OC)c3)C2)CC1. The summed E-state index contributed by atoms with van der Waals surface area (Å²) in [6.07, 6.45) is 0.570. The summed E-state index contributed by atoms with van der Waals surface area (Å²) < 4.78 is 15.6. The number of hydrogen-bond acceptors (Lipinski definition) is 6. The number of methoxy groups -OCH3 is 2. The lowest BCUT2D eigenvalue weighted by Crippen LogP contribution is -2.52. The Bertz CT molecular complexity index is 806. The van der Waals surface area contributed by atoms with Crippen molar-refractivity contribution in [3.8, 4) is 11.5 Å². The maximum Gasteiger partial charge on any atom is 0.409 e. The fourth-order valence-electron chi connectivity index (χ4n) is 4.04. The molecule has 1 atom stereocenters. The molecule has 3 rings (SSSR count). The van der Waals surface area contributed by atoms with E-state index in [0.717, 1.165) is 5.56 Å². The number of benzene rings is 1. The zero-order valence-corrected chi connectivity index (χ0v) is 18.5. The molecule has 0 aromatic heterocycles. The van der Waals surface area contributed by atoms with E-state index in [4.69, 9.17) is 14.2 Å². The molecule has 0 aliphatic carbocycles. The van der Waals surface area contributed by atoms with E-state index in [1.165, 1.54) is 0 Å². The van der Waals surface area contributed by atoms with E-state index in [2.05, 4.69) is 0 Å². The van der Waals surface area contributed by atoms with Crippen molar-refractivity contribution in [1.29, 1.82) is 0 Å². The van der Waals surface area contributed by atoms with Gasteiger partial charge < -0.3 is 28.9 Å². The molecule has 0 N–H and O–H groups in total. The van der Waals surface area contributed by atoms with Crippen LogP contribution in [-0.2, 0) is 20.7 Å². The molecule has 0 unspecified atom stereocenters. The van der Waals surface area contributed by atoms with Crippen LogP contribution in [0, 0.1) is 5.92 Å². The van der Waals surface area contributed by atoms with Gasteiger partial charge in [0, 0.05) is 45.7 Å². The molecule has 2 aliphatic rings. The van der Waals surface area contributed by atoms with Gasteiger partial charge in [-0.25, -0.2) is 4.79 Å². The summed E-state index contributed by atoms with van der Waals surface area (Å²) in [5.41, 5.74) is 1.04. The maximum atomic E-state index is 12.9. The first kappa shape index (κ1) is 22.7. The van der Waals surface area contributed by atoms with Crippen molar-refractivity contribution in [2.75, 3.05) is 60.1 Å². The van der Waals surface area contributed by atoms with Gasteiger partial charge in [0.05, 0.1) is 26.7 Å². The topological polar surface area (TPSA) is 88.6 Å². The van der Waals surface area contributed by atoms with E-state index in [-0.39, 0.29) is 30.2 Å². The second-order valence-electron chi connectivity index (χ2n) is 7.69. The maximum absolute atomic E-state index is 12.9. The number of piperazine rings is 1. The van der Waals surface area contributed by atoms with E-state index in [1.54, 1.807) is 35.8 Å². The Kier molecular flexibility index (Phi) is 7.59. The van der Waals surface area contributed by atoms with Crippen LogP contribution in [0.2, 0.25) is 0 Å². The minimum atomic E-state index is -0.341. The Morgan fingerprint density at radius 2 is 1.71 bits per heavy atom. The fourth-order valence-corrected chi connectivity index (χ4v) is 4.04. The van der Waals surface area contributed by atoms with Gasteiger partial charge >= 0.3 is 6.09 Å². The Morgan fingerprint density at radius 1 is 1.03 bits per heavy atom.